The molecule has 0 saturated heterocycles. The Balaban J connectivity index is 3.46. The number of rotatable bonds is 4. The normalized spacial score (nSPS) is 12.2. The van der Waals surface area contributed by atoms with Crippen molar-refractivity contribution < 1.29 is 14.3 Å². The third kappa shape index (κ3) is 4.03. The largest absolute Gasteiger partial charge is 0.381 e. The second-order valence-corrected chi connectivity index (χ2v) is 1.94. The molecule has 0 saturated carbocycles. The molecule has 0 radical (unpaired) electrons. The van der Waals surface area contributed by atoms with Crippen LogP contribution in [0.1, 0.15) is 13.3 Å². The number of amides is 2. The average molecular weight is 145 g/mol. The third-order valence-corrected chi connectivity index (χ3v) is 1.10. The van der Waals surface area contributed by atoms with Gasteiger partial charge < -0.3 is 4.74 Å². The van der Waals surface area contributed by atoms with E-state index in [1.54, 1.807) is 6.92 Å². The van der Waals surface area contributed by atoms with Crippen molar-refractivity contribution in [2.45, 2.75) is 19.4 Å². The SMILES string of the molecule is COC(C)CC(=O)NC=O. The fourth-order valence-corrected chi connectivity index (χ4v) is 0.469. The van der Waals surface area contributed by atoms with E-state index in [1.807, 2.05) is 5.32 Å². The van der Waals surface area contributed by atoms with Gasteiger partial charge in [-0.3, -0.25) is 14.9 Å². The fraction of sp³-hybridized carbons (Fsp3) is 0.667. The third-order valence-electron chi connectivity index (χ3n) is 1.10. The molecule has 0 aromatic rings. The van der Waals surface area contributed by atoms with E-state index in [1.165, 1.54) is 7.11 Å². The summed E-state index contributed by atoms with van der Waals surface area (Å²) in [5.41, 5.74) is 0. The van der Waals surface area contributed by atoms with Gasteiger partial charge in [0.05, 0.1) is 12.5 Å². The zero-order valence-electron chi connectivity index (χ0n) is 6.09. The van der Waals surface area contributed by atoms with E-state index in [-0.39, 0.29) is 18.4 Å². The van der Waals surface area contributed by atoms with Crippen LogP contribution in [0, 0.1) is 0 Å². The maximum Gasteiger partial charge on any atom is 0.228 e. The predicted octanol–water partition coefficient (Wildman–Crippen LogP) is -0.316. The number of imide groups is 1. The van der Waals surface area contributed by atoms with Gasteiger partial charge in [-0.25, -0.2) is 0 Å². The summed E-state index contributed by atoms with van der Waals surface area (Å²) in [6, 6.07) is 0. The molecule has 10 heavy (non-hydrogen) atoms. The molecule has 0 fully saturated rings. The van der Waals surface area contributed by atoms with Crippen LogP contribution in [-0.4, -0.2) is 25.5 Å². The molecule has 0 aliphatic heterocycles. The van der Waals surface area contributed by atoms with Crippen LogP contribution in [-0.2, 0) is 14.3 Å². The quantitative estimate of drug-likeness (QED) is 0.552. The molecule has 0 aliphatic rings. The van der Waals surface area contributed by atoms with Gasteiger partial charge in [-0.15, -0.1) is 0 Å². The molecular weight excluding hydrogens is 134 g/mol. The Labute approximate surface area is 59.6 Å². The summed E-state index contributed by atoms with van der Waals surface area (Å²) in [5.74, 6) is -0.315. The molecule has 1 unspecified atom stereocenters. The van der Waals surface area contributed by atoms with Gasteiger partial charge in [0.25, 0.3) is 0 Å². The van der Waals surface area contributed by atoms with Gasteiger partial charge in [-0.05, 0) is 6.92 Å². The Morgan fingerprint density at radius 3 is 2.80 bits per heavy atom. The lowest BCUT2D eigenvalue weighted by Crippen LogP contribution is -2.25. The van der Waals surface area contributed by atoms with Crippen LogP contribution in [0.15, 0.2) is 0 Å². The maximum absolute atomic E-state index is 10.6. The van der Waals surface area contributed by atoms with Crippen molar-refractivity contribution in [1.82, 2.24) is 5.32 Å². The van der Waals surface area contributed by atoms with Crippen LogP contribution in [0.25, 0.3) is 0 Å². The van der Waals surface area contributed by atoms with Crippen molar-refractivity contribution in [3.05, 3.63) is 0 Å². The minimum Gasteiger partial charge on any atom is -0.381 e. The highest BCUT2D eigenvalue weighted by Crippen LogP contribution is 1.93. The van der Waals surface area contributed by atoms with Gasteiger partial charge in [0.2, 0.25) is 12.3 Å². The highest BCUT2D eigenvalue weighted by Gasteiger charge is 2.05. The summed E-state index contributed by atoms with van der Waals surface area (Å²) in [6.45, 7) is 1.75. The number of hydrogen-bond donors (Lipinski definition) is 1. The number of ether oxygens (including phenoxy) is 1. The van der Waals surface area contributed by atoms with Crippen LogP contribution in [0.2, 0.25) is 0 Å². The van der Waals surface area contributed by atoms with Crippen molar-refractivity contribution in [2.24, 2.45) is 0 Å². The number of nitrogens with one attached hydrogen (secondary N) is 1. The summed E-state index contributed by atoms with van der Waals surface area (Å²) in [4.78, 5) is 20.3. The number of carbonyl (C=O) groups is 2. The standard InChI is InChI=1S/C6H11NO3/c1-5(10-2)3-6(9)7-4-8/h4-5H,3H2,1-2H3,(H,7,8,9). The van der Waals surface area contributed by atoms with E-state index in [2.05, 4.69) is 0 Å². The lowest BCUT2D eigenvalue weighted by Gasteiger charge is -2.05. The molecule has 0 aliphatic carbocycles. The monoisotopic (exact) mass is 145 g/mol. The van der Waals surface area contributed by atoms with Crippen molar-refractivity contribution in [3.8, 4) is 0 Å². The summed E-state index contributed by atoms with van der Waals surface area (Å²) in [6.07, 6.45) is 0.444. The topological polar surface area (TPSA) is 55.4 Å². The molecule has 58 valence electrons. The first-order chi connectivity index (χ1) is 4.70. The van der Waals surface area contributed by atoms with E-state index in [0.717, 1.165) is 0 Å². The van der Waals surface area contributed by atoms with Crippen LogP contribution >= 0.6 is 0 Å². The van der Waals surface area contributed by atoms with E-state index in [9.17, 15) is 9.59 Å². The van der Waals surface area contributed by atoms with Crippen LogP contribution in [0.3, 0.4) is 0 Å². The lowest BCUT2D eigenvalue weighted by atomic mass is 10.3. The molecule has 1 N–H and O–H groups in total. The Morgan fingerprint density at radius 1 is 1.80 bits per heavy atom. The van der Waals surface area contributed by atoms with Crippen molar-refractivity contribution in [1.29, 1.82) is 0 Å². The first kappa shape index (κ1) is 9.10. The van der Waals surface area contributed by atoms with Gasteiger partial charge in [0.15, 0.2) is 0 Å². The first-order valence-corrected chi connectivity index (χ1v) is 2.96. The van der Waals surface area contributed by atoms with E-state index in [0.29, 0.717) is 6.41 Å². The van der Waals surface area contributed by atoms with Gasteiger partial charge in [-0.1, -0.05) is 0 Å². The average Bonchev–Trinajstić information content (AvgIpc) is 1.88. The molecule has 0 bridgehead atoms. The zero-order chi connectivity index (χ0) is 7.98. The Bertz CT molecular complexity index is 124. The molecule has 0 rings (SSSR count). The molecule has 0 heterocycles. The van der Waals surface area contributed by atoms with Crippen LogP contribution < -0.4 is 5.32 Å². The second-order valence-electron chi connectivity index (χ2n) is 1.94. The Hall–Kier alpha value is -0.900. The molecule has 1 atom stereocenters. The lowest BCUT2D eigenvalue weighted by molar-refractivity contribution is -0.126. The van der Waals surface area contributed by atoms with Crippen LogP contribution in [0.4, 0.5) is 0 Å². The molecule has 4 heteroatoms. The van der Waals surface area contributed by atoms with Crippen LogP contribution in [0.5, 0.6) is 0 Å². The molecule has 2 amide bonds. The van der Waals surface area contributed by atoms with Crippen molar-refractivity contribution >= 4 is 12.3 Å². The van der Waals surface area contributed by atoms with E-state index >= 15 is 0 Å². The van der Waals surface area contributed by atoms with E-state index < -0.39 is 0 Å². The number of carbonyl (C=O) groups excluding carboxylic acids is 2. The van der Waals surface area contributed by atoms with Gasteiger partial charge in [0.1, 0.15) is 0 Å². The highest BCUT2D eigenvalue weighted by atomic mass is 16.5. The number of methoxy groups -OCH3 is 1. The smallest absolute Gasteiger partial charge is 0.228 e. The molecule has 0 spiro atoms. The molecule has 0 aromatic carbocycles. The fourth-order valence-electron chi connectivity index (χ4n) is 0.469. The molecule has 4 nitrogen and oxygen atoms in total. The zero-order valence-corrected chi connectivity index (χ0v) is 6.09. The minimum atomic E-state index is -0.315. The van der Waals surface area contributed by atoms with Gasteiger partial charge in [-0.2, -0.15) is 0 Å². The minimum absolute atomic E-state index is 0.139. The summed E-state index contributed by atoms with van der Waals surface area (Å²) in [7, 11) is 1.51. The highest BCUT2D eigenvalue weighted by molar-refractivity contribution is 5.85. The second kappa shape index (κ2) is 4.93. The first-order valence-electron chi connectivity index (χ1n) is 2.96. The summed E-state index contributed by atoms with van der Waals surface area (Å²) >= 11 is 0. The predicted molar refractivity (Wildman–Crippen MR) is 35.3 cm³/mol. The van der Waals surface area contributed by atoms with Crippen molar-refractivity contribution in [2.75, 3.05) is 7.11 Å². The molecular formula is C6H11NO3. The van der Waals surface area contributed by atoms with Gasteiger partial charge in [0, 0.05) is 7.11 Å². The summed E-state index contributed by atoms with van der Waals surface area (Å²) in [5, 5.41) is 2.01. The Morgan fingerprint density at radius 2 is 2.40 bits per heavy atom. The maximum atomic E-state index is 10.6. The Kier molecular flexibility index (Phi) is 4.49. The van der Waals surface area contributed by atoms with Gasteiger partial charge >= 0.3 is 0 Å². The van der Waals surface area contributed by atoms with Crippen molar-refractivity contribution in [3.63, 3.8) is 0 Å². The summed E-state index contributed by atoms with van der Waals surface area (Å²) < 4.78 is 4.79. The number of hydrogen-bond acceptors (Lipinski definition) is 3. The molecule has 0 aromatic heterocycles. The van der Waals surface area contributed by atoms with E-state index in [4.69, 9.17) is 4.74 Å².